The molecule has 0 aromatic carbocycles. The van der Waals surface area contributed by atoms with Crippen LogP contribution >= 0.6 is 0 Å². The first-order valence-electron chi connectivity index (χ1n) is 8.28. The van der Waals surface area contributed by atoms with E-state index in [4.69, 9.17) is 4.42 Å². The van der Waals surface area contributed by atoms with Crippen molar-refractivity contribution in [1.29, 1.82) is 0 Å². The van der Waals surface area contributed by atoms with Crippen LogP contribution in [0, 0.1) is 0 Å². The first-order valence-corrected chi connectivity index (χ1v) is 8.28. The number of pyridine rings is 1. The molecule has 25 heavy (non-hydrogen) atoms. The second kappa shape index (κ2) is 6.43. The monoisotopic (exact) mass is 338 g/mol. The molecule has 0 aliphatic carbocycles. The summed E-state index contributed by atoms with van der Waals surface area (Å²) in [4.78, 5) is 29.6. The maximum absolute atomic E-state index is 12.8. The summed E-state index contributed by atoms with van der Waals surface area (Å²) in [6.45, 7) is 1.20. The van der Waals surface area contributed by atoms with E-state index in [2.05, 4.69) is 10.1 Å². The van der Waals surface area contributed by atoms with Gasteiger partial charge in [0, 0.05) is 25.5 Å². The molecule has 4 rings (SSSR count). The number of carbonyl (C=O) groups excluding carboxylic acids is 1. The average molecular weight is 338 g/mol. The molecule has 1 atom stereocenters. The van der Waals surface area contributed by atoms with Crippen molar-refractivity contribution >= 4 is 5.91 Å². The summed E-state index contributed by atoms with van der Waals surface area (Å²) in [7, 11) is 0. The first-order chi connectivity index (χ1) is 12.2. The molecule has 3 aromatic heterocycles. The van der Waals surface area contributed by atoms with Crippen LogP contribution in [-0.4, -0.2) is 38.7 Å². The van der Waals surface area contributed by atoms with E-state index in [0.29, 0.717) is 24.5 Å². The number of aromatic amines is 1. The molecular formula is C18H18N4O3. The highest BCUT2D eigenvalue weighted by atomic mass is 16.3. The summed E-state index contributed by atoms with van der Waals surface area (Å²) in [5.74, 6) is 0.317. The molecule has 1 saturated heterocycles. The Morgan fingerprint density at radius 2 is 2.20 bits per heavy atom. The highest BCUT2D eigenvalue weighted by molar-refractivity contribution is 5.94. The van der Waals surface area contributed by atoms with Gasteiger partial charge in [-0.2, -0.15) is 5.10 Å². The zero-order valence-electron chi connectivity index (χ0n) is 13.6. The molecule has 1 aliphatic rings. The van der Waals surface area contributed by atoms with E-state index in [1.54, 1.807) is 35.4 Å². The molecule has 7 nitrogen and oxygen atoms in total. The lowest BCUT2D eigenvalue weighted by molar-refractivity contribution is 0.0671. The maximum Gasteiger partial charge on any atom is 0.261 e. The van der Waals surface area contributed by atoms with Crippen LogP contribution in [0.15, 0.2) is 58.2 Å². The largest absolute Gasteiger partial charge is 0.463 e. The fourth-order valence-corrected chi connectivity index (χ4v) is 3.24. The minimum atomic E-state index is -0.403. The number of hydrogen-bond donors (Lipinski definition) is 1. The minimum absolute atomic E-state index is 0.147. The van der Waals surface area contributed by atoms with E-state index >= 15 is 0 Å². The number of piperidine rings is 1. The van der Waals surface area contributed by atoms with Crippen LogP contribution in [-0.2, 0) is 0 Å². The molecule has 1 unspecified atom stereocenters. The SMILES string of the molecule is O=C(c1ccc(-c2ccco2)[nH]c1=O)N1CCCC(n2cccn2)C1. The Hall–Kier alpha value is -3.09. The van der Waals surface area contributed by atoms with Crippen LogP contribution in [0.1, 0.15) is 29.2 Å². The zero-order chi connectivity index (χ0) is 17.2. The Labute approximate surface area is 143 Å². The van der Waals surface area contributed by atoms with Crippen molar-refractivity contribution in [2.75, 3.05) is 13.1 Å². The van der Waals surface area contributed by atoms with Gasteiger partial charge < -0.3 is 14.3 Å². The number of hydrogen-bond acceptors (Lipinski definition) is 4. The van der Waals surface area contributed by atoms with Gasteiger partial charge in [0.15, 0.2) is 0 Å². The number of likely N-dealkylation sites (tertiary alicyclic amines) is 1. The summed E-state index contributed by atoms with van der Waals surface area (Å²) in [6, 6.07) is 8.79. The first kappa shape index (κ1) is 15.4. The van der Waals surface area contributed by atoms with E-state index in [0.717, 1.165) is 12.8 Å². The Balaban J connectivity index is 1.55. The van der Waals surface area contributed by atoms with Gasteiger partial charge in [-0.1, -0.05) is 0 Å². The number of amides is 1. The van der Waals surface area contributed by atoms with Crippen LogP contribution in [0.5, 0.6) is 0 Å². The van der Waals surface area contributed by atoms with E-state index in [1.165, 1.54) is 6.26 Å². The highest BCUT2D eigenvalue weighted by Gasteiger charge is 2.27. The quantitative estimate of drug-likeness (QED) is 0.794. The number of carbonyl (C=O) groups is 1. The molecule has 1 amide bonds. The molecule has 1 aliphatic heterocycles. The predicted octanol–water partition coefficient (Wildman–Crippen LogP) is 2.31. The average Bonchev–Trinajstić information content (AvgIpc) is 3.35. The van der Waals surface area contributed by atoms with Gasteiger partial charge in [0.1, 0.15) is 11.3 Å². The molecule has 1 fully saturated rings. The van der Waals surface area contributed by atoms with Crippen molar-refractivity contribution in [3.05, 3.63) is 64.9 Å². The molecule has 0 bridgehead atoms. The van der Waals surface area contributed by atoms with Gasteiger partial charge in [0.05, 0.1) is 18.0 Å². The van der Waals surface area contributed by atoms with Gasteiger partial charge in [-0.15, -0.1) is 0 Å². The van der Waals surface area contributed by atoms with E-state index in [1.807, 2.05) is 16.9 Å². The van der Waals surface area contributed by atoms with Gasteiger partial charge >= 0.3 is 0 Å². The number of nitrogens with zero attached hydrogens (tertiary/aromatic N) is 3. The van der Waals surface area contributed by atoms with Crippen LogP contribution in [0.25, 0.3) is 11.5 Å². The summed E-state index contributed by atoms with van der Waals surface area (Å²) >= 11 is 0. The predicted molar refractivity (Wildman–Crippen MR) is 91.2 cm³/mol. The van der Waals surface area contributed by atoms with Crippen LogP contribution in [0.2, 0.25) is 0 Å². The Kier molecular flexibility index (Phi) is 3.97. The van der Waals surface area contributed by atoms with Gasteiger partial charge in [-0.3, -0.25) is 14.3 Å². The lowest BCUT2D eigenvalue weighted by atomic mass is 10.0. The van der Waals surface area contributed by atoms with Gasteiger partial charge in [0.25, 0.3) is 11.5 Å². The van der Waals surface area contributed by atoms with Crippen molar-refractivity contribution in [3.63, 3.8) is 0 Å². The number of aromatic nitrogens is 3. The van der Waals surface area contributed by atoms with Crippen molar-refractivity contribution in [2.24, 2.45) is 0 Å². The van der Waals surface area contributed by atoms with Gasteiger partial charge in [-0.05, 0) is 43.2 Å². The van der Waals surface area contributed by atoms with E-state index < -0.39 is 5.56 Å². The molecule has 1 N–H and O–H groups in total. The molecule has 0 saturated carbocycles. The fraction of sp³-hybridized carbons (Fsp3) is 0.278. The van der Waals surface area contributed by atoms with E-state index in [9.17, 15) is 9.59 Å². The Morgan fingerprint density at radius 3 is 2.92 bits per heavy atom. The number of nitrogens with one attached hydrogen (secondary N) is 1. The summed E-state index contributed by atoms with van der Waals surface area (Å²) in [5, 5.41) is 4.26. The maximum atomic E-state index is 12.8. The highest BCUT2D eigenvalue weighted by Crippen LogP contribution is 2.22. The number of rotatable bonds is 3. The van der Waals surface area contributed by atoms with Crippen molar-refractivity contribution in [3.8, 4) is 11.5 Å². The van der Waals surface area contributed by atoms with Gasteiger partial charge in [-0.25, -0.2) is 0 Å². The summed E-state index contributed by atoms with van der Waals surface area (Å²) < 4.78 is 7.15. The topological polar surface area (TPSA) is 84.1 Å². The van der Waals surface area contributed by atoms with Crippen LogP contribution < -0.4 is 5.56 Å². The van der Waals surface area contributed by atoms with E-state index in [-0.39, 0.29) is 17.5 Å². The lowest BCUT2D eigenvalue weighted by Gasteiger charge is -2.32. The van der Waals surface area contributed by atoms with Gasteiger partial charge in [0.2, 0.25) is 0 Å². The smallest absolute Gasteiger partial charge is 0.261 e. The van der Waals surface area contributed by atoms with Crippen molar-refractivity contribution in [2.45, 2.75) is 18.9 Å². The lowest BCUT2D eigenvalue weighted by Crippen LogP contribution is -2.42. The normalized spacial score (nSPS) is 17.6. The fourth-order valence-electron chi connectivity index (χ4n) is 3.24. The molecule has 128 valence electrons. The minimum Gasteiger partial charge on any atom is -0.463 e. The Bertz CT molecular complexity index is 912. The second-order valence-corrected chi connectivity index (χ2v) is 6.13. The standard InChI is InChI=1S/C18H18N4O3/c23-17-14(6-7-15(20-17)16-5-2-11-25-16)18(24)21-9-1-4-13(12-21)22-10-3-8-19-22/h2-3,5-8,10-11,13H,1,4,9,12H2,(H,20,23). The summed E-state index contributed by atoms with van der Waals surface area (Å²) in [6.07, 6.45) is 7.04. The van der Waals surface area contributed by atoms with Crippen molar-refractivity contribution < 1.29 is 9.21 Å². The molecule has 7 heteroatoms. The van der Waals surface area contributed by atoms with Crippen molar-refractivity contribution in [1.82, 2.24) is 19.7 Å². The third-order valence-corrected chi connectivity index (χ3v) is 4.51. The zero-order valence-corrected chi connectivity index (χ0v) is 13.6. The van der Waals surface area contributed by atoms with Crippen LogP contribution in [0.3, 0.4) is 0 Å². The molecule has 0 radical (unpaired) electrons. The molecule has 0 spiro atoms. The molecular weight excluding hydrogens is 320 g/mol. The third-order valence-electron chi connectivity index (χ3n) is 4.51. The third kappa shape index (κ3) is 3.00. The summed E-state index contributed by atoms with van der Waals surface area (Å²) in [5.41, 5.74) is 0.302. The number of furan rings is 1. The second-order valence-electron chi connectivity index (χ2n) is 6.13. The molecule has 3 aromatic rings. The number of H-pyrrole nitrogens is 1. The Morgan fingerprint density at radius 1 is 1.28 bits per heavy atom. The van der Waals surface area contributed by atoms with Crippen LogP contribution in [0.4, 0.5) is 0 Å². The molecule has 4 heterocycles.